The molecule has 128 valence electrons. The molecule has 0 amide bonds. The third-order valence-electron chi connectivity index (χ3n) is 4.36. The summed E-state index contributed by atoms with van der Waals surface area (Å²) in [6.07, 6.45) is 15.7. The first-order valence-electron chi connectivity index (χ1n) is 9.19. The zero-order valence-corrected chi connectivity index (χ0v) is 14.3. The van der Waals surface area contributed by atoms with Crippen LogP contribution in [0.4, 0.5) is 0 Å². The van der Waals surface area contributed by atoms with Gasteiger partial charge in [0.05, 0.1) is 0 Å². The van der Waals surface area contributed by atoms with Crippen LogP contribution in [0.1, 0.15) is 104 Å². The SMILES string of the molecule is CCCCCCCCC(CCCCCCCC)C(O)(O)O. The zero-order valence-electron chi connectivity index (χ0n) is 14.3. The van der Waals surface area contributed by atoms with E-state index in [0.717, 1.165) is 25.7 Å². The smallest absolute Gasteiger partial charge is 0.278 e. The van der Waals surface area contributed by atoms with Crippen molar-refractivity contribution in [1.29, 1.82) is 0 Å². The van der Waals surface area contributed by atoms with Gasteiger partial charge in [-0.25, -0.2) is 0 Å². The molecule has 0 aromatic rings. The lowest BCUT2D eigenvalue weighted by atomic mass is 9.92. The Morgan fingerprint density at radius 3 is 1.24 bits per heavy atom. The lowest BCUT2D eigenvalue weighted by molar-refractivity contribution is -0.344. The molecular formula is C18H38O3. The Kier molecular flexibility index (Phi) is 13.5. The van der Waals surface area contributed by atoms with Crippen LogP contribution in [0.3, 0.4) is 0 Å². The van der Waals surface area contributed by atoms with E-state index in [-0.39, 0.29) is 0 Å². The van der Waals surface area contributed by atoms with E-state index in [4.69, 9.17) is 0 Å². The van der Waals surface area contributed by atoms with Crippen LogP contribution in [0.15, 0.2) is 0 Å². The molecule has 0 spiro atoms. The van der Waals surface area contributed by atoms with Crippen LogP contribution < -0.4 is 0 Å². The molecule has 0 fully saturated rings. The van der Waals surface area contributed by atoms with E-state index in [2.05, 4.69) is 13.8 Å². The van der Waals surface area contributed by atoms with Crippen molar-refractivity contribution in [3.8, 4) is 0 Å². The highest BCUT2D eigenvalue weighted by atomic mass is 16.7. The van der Waals surface area contributed by atoms with Gasteiger partial charge >= 0.3 is 0 Å². The van der Waals surface area contributed by atoms with E-state index >= 15 is 0 Å². The third-order valence-corrected chi connectivity index (χ3v) is 4.36. The summed E-state index contributed by atoms with van der Waals surface area (Å²) in [7, 11) is 0. The van der Waals surface area contributed by atoms with Gasteiger partial charge in [0.1, 0.15) is 0 Å². The van der Waals surface area contributed by atoms with Crippen molar-refractivity contribution in [2.24, 2.45) is 5.92 Å². The monoisotopic (exact) mass is 302 g/mol. The molecule has 0 saturated carbocycles. The van der Waals surface area contributed by atoms with Gasteiger partial charge in [0, 0.05) is 5.92 Å². The molecule has 0 unspecified atom stereocenters. The highest BCUT2D eigenvalue weighted by molar-refractivity contribution is 4.67. The molecule has 0 bridgehead atoms. The number of unbranched alkanes of at least 4 members (excludes halogenated alkanes) is 10. The lowest BCUT2D eigenvalue weighted by Crippen LogP contribution is -2.37. The van der Waals surface area contributed by atoms with Crippen LogP contribution in [0, 0.1) is 5.92 Å². The molecule has 0 aromatic carbocycles. The van der Waals surface area contributed by atoms with Crippen LogP contribution in [0.25, 0.3) is 0 Å². The first-order chi connectivity index (χ1) is 10.0. The minimum atomic E-state index is -2.49. The van der Waals surface area contributed by atoms with Crippen molar-refractivity contribution in [1.82, 2.24) is 0 Å². The average Bonchev–Trinajstić information content (AvgIpc) is 2.42. The summed E-state index contributed by atoms with van der Waals surface area (Å²) < 4.78 is 0. The summed E-state index contributed by atoms with van der Waals surface area (Å²) in [4.78, 5) is 0. The molecule has 0 radical (unpaired) electrons. The summed E-state index contributed by atoms with van der Waals surface area (Å²) in [6, 6.07) is 0. The minimum Gasteiger partial charge on any atom is -0.343 e. The van der Waals surface area contributed by atoms with Crippen LogP contribution in [0.5, 0.6) is 0 Å². The van der Waals surface area contributed by atoms with Crippen LogP contribution in [-0.2, 0) is 0 Å². The van der Waals surface area contributed by atoms with Crippen molar-refractivity contribution in [3.05, 3.63) is 0 Å². The van der Waals surface area contributed by atoms with Crippen LogP contribution >= 0.6 is 0 Å². The average molecular weight is 302 g/mol. The van der Waals surface area contributed by atoms with Gasteiger partial charge in [-0.15, -0.1) is 0 Å². The van der Waals surface area contributed by atoms with Gasteiger partial charge in [-0.3, -0.25) is 0 Å². The summed E-state index contributed by atoms with van der Waals surface area (Å²) in [5, 5.41) is 28.4. The van der Waals surface area contributed by atoms with Gasteiger partial charge in [-0.05, 0) is 12.8 Å². The molecule has 21 heavy (non-hydrogen) atoms. The second-order valence-electron chi connectivity index (χ2n) is 6.50. The Morgan fingerprint density at radius 2 is 0.905 bits per heavy atom. The fraction of sp³-hybridized carbons (Fsp3) is 1.00. The van der Waals surface area contributed by atoms with Gasteiger partial charge < -0.3 is 15.3 Å². The molecule has 0 atom stereocenters. The molecule has 3 N–H and O–H groups in total. The van der Waals surface area contributed by atoms with Gasteiger partial charge in [0.25, 0.3) is 5.97 Å². The lowest BCUT2D eigenvalue weighted by Gasteiger charge is -2.26. The summed E-state index contributed by atoms with van der Waals surface area (Å²) in [5.74, 6) is -2.89. The van der Waals surface area contributed by atoms with Crippen molar-refractivity contribution < 1.29 is 15.3 Å². The maximum Gasteiger partial charge on any atom is 0.278 e. The van der Waals surface area contributed by atoms with Gasteiger partial charge in [0.15, 0.2) is 0 Å². The number of hydrogen-bond acceptors (Lipinski definition) is 3. The molecule has 0 saturated heterocycles. The molecule has 0 aliphatic rings. The largest absolute Gasteiger partial charge is 0.343 e. The summed E-state index contributed by atoms with van der Waals surface area (Å²) in [5.41, 5.74) is 0. The van der Waals surface area contributed by atoms with Crippen LogP contribution in [-0.4, -0.2) is 21.3 Å². The molecule has 0 rings (SSSR count). The summed E-state index contributed by atoms with van der Waals surface area (Å²) in [6.45, 7) is 4.41. The third kappa shape index (κ3) is 13.3. The van der Waals surface area contributed by atoms with Crippen molar-refractivity contribution in [3.63, 3.8) is 0 Å². The second-order valence-corrected chi connectivity index (χ2v) is 6.50. The molecule has 0 aliphatic heterocycles. The predicted octanol–water partition coefficient (Wildman–Crippen LogP) is 4.73. The van der Waals surface area contributed by atoms with Gasteiger partial charge in [-0.1, -0.05) is 90.9 Å². The van der Waals surface area contributed by atoms with E-state index in [1.54, 1.807) is 0 Å². The van der Waals surface area contributed by atoms with Crippen LogP contribution in [0.2, 0.25) is 0 Å². The van der Waals surface area contributed by atoms with Crippen molar-refractivity contribution >= 4 is 0 Å². The summed E-state index contributed by atoms with van der Waals surface area (Å²) >= 11 is 0. The Labute approximate surface area is 131 Å². The molecule has 0 aliphatic carbocycles. The molecule has 3 heteroatoms. The Balaban J connectivity index is 3.74. The molecule has 0 aromatic heterocycles. The fourth-order valence-electron chi connectivity index (χ4n) is 2.87. The normalized spacial score (nSPS) is 12.3. The van der Waals surface area contributed by atoms with Crippen molar-refractivity contribution in [2.45, 2.75) is 110 Å². The maximum atomic E-state index is 9.47. The van der Waals surface area contributed by atoms with E-state index < -0.39 is 11.9 Å². The molecular weight excluding hydrogens is 264 g/mol. The molecule has 3 nitrogen and oxygen atoms in total. The maximum absolute atomic E-state index is 9.47. The van der Waals surface area contributed by atoms with E-state index in [1.165, 1.54) is 51.4 Å². The topological polar surface area (TPSA) is 60.7 Å². The Morgan fingerprint density at radius 1 is 0.571 bits per heavy atom. The Bertz CT molecular complexity index is 195. The number of aliphatic hydroxyl groups is 3. The minimum absolute atomic E-state index is 0.394. The first kappa shape index (κ1) is 20.9. The van der Waals surface area contributed by atoms with E-state index in [0.29, 0.717) is 12.8 Å². The number of hydrogen-bond donors (Lipinski definition) is 3. The quantitative estimate of drug-likeness (QED) is 0.302. The van der Waals surface area contributed by atoms with Crippen molar-refractivity contribution in [2.75, 3.05) is 0 Å². The number of rotatable bonds is 15. The first-order valence-corrected chi connectivity index (χ1v) is 9.19. The fourth-order valence-corrected chi connectivity index (χ4v) is 2.87. The second kappa shape index (κ2) is 13.5. The molecule has 0 heterocycles. The standard InChI is InChI=1S/C18H38O3/c1-3-5-7-9-11-13-15-17(18(19,20)21)16-14-12-10-8-6-4-2/h17,19-21H,3-16H2,1-2H3. The van der Waals surface area contributed by atoms with E-state index in [9.17, 15) is 15.3 Å². The zero-order chi connectivity index (χ0) is 16.0. The van der Waals surface area contributed by atoms with Gasteiger partial charge in [0.2, 0.25) is 0 Å². The predicted molar refractivity (Wildman–Crippen MR) is 88.9 cm³/mol. The van der Waals surface area contributed by atoms with Gasteiger partial charge in [-0.2, -0.15) is 0 Å². The van der Waals surface area contributed by atoms with E-state index in [1.807, 2.05) is 0 Å². The highest BCUT2D eigenvalue weighted by Gasteiger charge is 2.30. The highest BCUT2D eigenvalue weighted by Crippen LogP contribution is 2.25. The Hall–Kier alpha value is -0.120.